The zero-order valence-corrected chi connectivity index (χ0v) is 15.2. The fourth-order valence-electron chi connectivity index (χ4n) is 2.10. The first-order valence-electron chi connectivity index (χ1n) is 8.05. The van der Waals surface area contributed by atoms with Crippen molar-refractivity contribution in [3.63, 3.8) is 0 Å². The first-order valence-corrected chi connectivity index (χ1v) is 8.43. The van der Waals surface area contributed by atoms with Gasteiger partial charge in [-0.2, -0.15) is 0 Å². The van der Waals surface area contributed by atoms with Crippen LogP contribution in [0.3, 0.4) is 0 Å². The van der Waals surface area contributed by atoms with E-state index in [4.69, 9.17) is 16.3 Å². The number of nitrogens with one attached hydrogen (secondary N) is 2. The maximum Gasteiger partial charge on any atom is 0.338 e. The zero-order chi connectivity index (χ0) is 19.1. The largest absolute Gasteiger partial charge is 0.462 e. The Hall–Kier alpha value is -2.86. The van der Waals surface area contributed by atoms with Crippen molar-refractivity contribution in [1.29, 1.82) is 0 Å². The van der Waals surface area contributed by atoms with Gasteiger partial charge in [-0.15, -0.1) is 0 Å². The molecule has 0 aromatic heterocycles. The molecule has 0 spiro atoms. The van der Waals surface area contributed by atoms with Gasteiger partial charge in [-0.25, -0.2) is 4.79 Å². The maximum atomic E-state index is 12.2. The highest BCUT2D eigenvalue weighted by atomic mass is 35.5. The van der Waals surface area contributed by atoms with E-state index in [1.165, 1.54) is 0 Å². The first-order chi connectivity index (χ1) is 12.4. The van der Waals surface area contributed by atoms with Crippen LogP contribution in [0.2, 0.25) is 5.02 Å². The quantitative estimate of drug-likeness (QED) is 0.760. The van der Waals surface area contributed by atoms with Crippen molar-refractivity contribution < 1.29 is 19.1 Å². The molecule has 2 aromatic carbocycles. The third-order valence-electron chi connectivity index (χ3n) is 3.51. The topological polar surface area (TPSA) is 84.5 Å². The number of benzene rings is 2. The van der Waals surface area contributed by atoms with Gasteiger partial charge in [-0.05, 0) is 62.4 Å². The fraction of sp³-hybridized carbons (Fsp3) is 0.211. The van der Waals surface area contributed by atoms with Crippen molar-refractivity contribution >= 4 is 35.1 Å². The van der Waals surface area contributed by atoms with Crippen LogP contribution in [0.1, 0.15) is 34.6 Å². The number of esters is 1. The lowest BCUT2D eigenvalue weighted by Crippen LogP contribution is -2.41. The van der Waals surface area contributed by atoms with Crippen LogP contribution in [0.25, 0.3) is 0 Å². The van der Waals surface area contributed by atoms with Gasteiger partial charge in [0.15, 0.2) is 0 Å². The van der Waals surface area contributed by atoms with Crippen LogP contribution in [0.5, 0.6) is 0 Å². The molecule has 2 rings (SSSR count). The van der Waals surface area contributed by atoms with Crippen molar-refractivity contribution in [2.45, 2.75) is 19.9 Å². The van der Waals surface area contributed by atoms with Crippen LogP contribution < -0.4 is 10.6 Å². The summed E-state index contributed by atoms with van der Waals surface area (Å²) in [6.07, 6.45) is 0. The molecule has 2 aromatic rings. The van der Waals surface area contributed by atoms with Crippen molar-refractivity contribution in [3.8, 4) is 0 Å². The van der Waals surface area contributed by atoms with Gasteiger partial charge >= 0.3 is 5.97 Å². The van der Waals surface area contributed by atoms with Crippen molar-refractivity contribution in [2.75, 3.05) is 11.9 Å². The van der Waals surface area contributed by atoms with E-state index in [-0.39, 0.29) is 11.8 Å². The summed E-state index contributed by atoms with van der Waals surface area (Å²) in [6, 6.07) is 11.9. The third-order valence-corrected chi connectivity index (χ3v) is 3.76. The molecule has 0 fully saturated rings. The lowest BCUT2D eigenvalue weighted by atomic mass is 10.2. The van der Waals surface area contributed by atoms with Crippen LogP contribution in [0, 0.1) is 0 Å². The standard InChI is InChI=1S/C19H19ClN2O4/c1-3-26-19(25)14-6-10-16(11-7-14)22-17(23)12(2)21-18(24)13-4-8-15(20)9-5-13/h4-12H,3H2,1-2H3,(H,21,24)(H,22,23). The molecule has 136 valence electrons. The van der Waals surface area contributed by atoms with Gasteiger partial charge < -0.3 is 15.4 Å². The van der Waals surface area contributed by atoms with E-state index in [0.717, 1.165) is 0 Å². The number of amides is 2. The maximum absolute atomic E-state index is 12.2. The minimum absolute atomic E-state index is 0.294. The summed E-state index contributed by atoms with van der Waals surface area (Å²) >= 11 is 5.79. The molecule has 0 bridgehead atoms. The second-order valence-electron chi connectivity index (χ2n) is 5.49. The van der Waals surface area contributed by atoms with Crippen LogP contribution >= 0.6 is 11.6 Å². The van der Waals surface area contributed by atoms with Gasteiger partial charge in [0.25, 0.3) is 5.91 Å². The number of halogens is 1. The lowest BCUT2D eigenvalue weighted by Gasteiger charge is -2.14. The highest BCUT2D eigenvalue weighted by Gasteiger charge is 2.17. The summed E-state index contributed by atoms with van der Waals surface area (Å²) in [5.41, 5.74) is 1.32. The van der Waals surface area contributed by atoms with Crippen LogP contribution in [0.4, 0.5) is 5.69 Å². The average molecular weight is 375 g/mol. The normalized spacial score (nSPS) is 11.3. The highest BCUT2D eigenvalue weighted by Crippen LogP contribution is 2.12. The van der Waals surface area contributed by atoms with Crippen molar-refractivity contribution in [2.24, 2.45) is 0 Å². The third kappa shape index (κ3) is 5.32. The van der Waals surface area contributed by atoms with Gasteiger partial charge in [-0.1, -0.05) is 11.6 Å². The summed E-state index contributed by atoms with van der Waals surface area (Å²) in [4.78, 5) is 35.9. The van der Waals surface area contributed by atoms with E-state index in [0.29, 0.717) is 28.4 Å². The molecule has 7 heteroatoms. The predicted octanol–water partition coefficient (Wildman–Crippen LogP) is 3.27. The average Bonchev–Trinajstić information content (AvgIpc) is 2.63. The Morgan fingerprint density at radius 1 is 1.00 bits per heavy atom. The number of ether oxygens (including phenoxy) is 1. The van der Waals surface area contributed by atoms with E-state index >= 15 is 0 Å². The molecular formula is C19H19ClN2O4. The summed E-state index contributed by atoms with van der Waals surface area (Å²) in [7, 11) is 0. The van der Waals surface area contributed by atoms with Crippen molar-refractivity contribution in [1.82, 2.24) is 5.32 Å². The number of hydrogen-bond donors (Lipinski definition) is 2. The van der Waals surface area contributed by atoms with Gasteiger partial charge in [0, 0.05) is 16.3 Å². The Morgan fingerprint density at radius 2 is 1.58 bits per heavy atom. The first kappa shape index (κ1) is 19.5. The minimum Gasteiger partial charge on any atom is -0.462 e. The fourth-order valence-corrected chi connectivity index (χ4v) is 2.23. The van der Waals surface area contributed by atoms with E-state index in [9.17, 15) is 14.4 Å². The second kappa shape index (κ2) is 9.01. The molecule has 0 aliphatic rings. The van der Waals surface area contributed by atoms with Gasteiger partial charge in [0.05, 0.1) is 12.2 Å². The monoisotopic (exact) mass is 374 g/mol. The molecule has 2 amide bonds. The second-order valence-corrected chi connectivity index (χ2v) is 5.93. The van der Waals surface area contributed by atoms with E-state index in [1.807, 2.05) is 0 Å². The summed E-state index contributed by atoms with van der Waals surface area (Å²) in [5, 5.41) is 5.82. The molecule has 0 aliphatic carbocycles. The number of carbonyl (C=O) groups excluding carboxylic acids is 3. The summed E-state index contributed by atoms with van der Waals surface area (Å²) < 4.78 is 4.90. The Kier molecular flexibility index (Phi) is 6.74. The molecule has 0 saturated heterocycles. The molecular weight excluding hydrogens is 356 g/mol. The lowest BCUT2D eigenvalue weighted by molar-refractivity contribution is -0.117. The Balaban J connectivity index is 1.93. The van der Waals surface area contributed by atoms with E-state index in [2.05, 4.69) is 10.6 Å². The Bertz CT molecular complexity index is 788. The molecule has 0 aliphatic heterocycles. The minimum atomic E-state index is -0.747. The number of anilines is 1. The van der Waals surface area contributed by atoms with Crippen LogP contribution in [-0.2, 0) is 9.53 Å². The van der Waals surface area contributed by atoms with E-state index < -0.39 is 12.0 Å². The predicted molar refractivity (Wildman–Crippen MR) is 99.4 cm³/mol. The summed E-state index contributed by atoms with van der Waals surface area (Å²) in [5.74, 6) is -1.17. The molecule has 1 unspecified atom stereocenters. The summed E-state index contributed by atoms with van der Waals surface area (Å²) in [6.45, 7) is 3.60. The molecule has 0 radical (unpaired) electrons. The van der Waals surface area contributed by atoms with Gasteiger partial charge in [-0.3, -0.25) is 9.59 Å². The number of rotatable bonds is 6. The zero-order valence-electron chi connectivity index (χ0n) is 14.4. The molecule has 26 heavy (non-hydrogen) atoms. The number of carbonyl (C=O) groups is 3. The molecule has 0 saturated carbocycles. The molecule has 0 heterocycles. The van der Waals surface area contributed by atoms with Crippen LogP contribution in [0.15, 0.2) is 48.5 Å². The smallest absolute Gasteiger partial charge is 0.338 e. The number of hydrogen-bond acceptors (Lipinski definition) is 4. The Labute approximate surface area is 156 Å². The Morgan fingerprint density at radius 3 is 2.15 bits per heavy atom. The molecule has 6 nitrogen and oxygen atoms in total. The van der Waals surface area contributed by atoms with Crippen molar-refractivity contribution in [3.05, 3.63) is 64.7 Å². The molecule has 1 atom stereocenters. The van der Waals surface area contributed by atoms with Gasteiger partial charge in [0.1, 0.15) is 6.04 Å². The SMILES string of the molecule is CCOC(=O)c1ccc(NC(=O)C(C)NC(=O)c2ccc(Cl)cc2)cc1. The molecule has 2 N–H and O–H groups in total. The van der Waals surface area contributed by atoms with Gasteiger partial charge in [0.2, 0.25) is 5.91 Å². The van der Waals surface area contributed by atoms with Crippen LogP contribution in [-0.4, -0.2) is 30.4 Å². The van der Waals surface area contributed by atoms with E-state index in [1.54, 1.807) is 62.4 Å². The highest BCUT2D eigenvalue weighted by molar-refractivity contribution is 6.30.